The van der Waals surface area contributed by atoms with Gasteiger partial charge in [0.05, 0.1) is 27.9 Å². The van der Waals surface area contributed by atoms with Crippen LogP contribution in [0.25, 0.3) is 138 Å². The van der Waals surface area contributed by atoms with Gasteiger partial charge in [-0.1, -0.05) is 190 Å². The first kappa shape index (κ1) is 39.8. The second-order valence-corrected chi connectivity index (χ2v) is 19.7. The Morgan fingerprint density at radius 2 is 0.845 bits per heavy atom. The van der Waals surface area contributed by atoms with Gasteiger partial charge < -0.3 is 8.82 Å². The van der Waals surface area contributed by atoms with Crippen molar-refractivity contribution in [1.82, 2.24) is 14.4 Å². The molecule has 0 fully saturated rings. The maximum Gasteiger partial charge on any atom is 0.160 e. The molecule has 0 N–H and O–H groups in total. The summed E-state index contributed by atoms with van der Waals surface area (Å²) in [6, 6.07) is 81.3. The molecule has 4 aromatic heterocycles. The highest BCUT2D eigenvalue weighted by Gasteiger charge is 2.36. The summed E-state index contributed by atoms with van der Waals surface area (Å²) in [5, 5.41) is 7.35. The monoisotopic (exact) mass is 905 g/mol. The minimum Gasteiger partial charge on any atom is -0.456 e. The van der Waals surface area contributed by atoms with E-state index < -0.39 is 0 Å². The molecular formula is C67H43N3O. The van der Waals surface area contributed by atoms with Crippen molar-refractivity contribution in [3.63, 3.8) is 0 Å². The molecule has 0 amide bonds. The minimum atomic E-state index is -0.163. The van der Waals surface area contributed by atoms with Gasteiger partial charge in [0, 0.05) is 54.4 Å². The fourth-order valence-electron chi connectivity index (χ4n) is 11.9. The van der Waals surface area contributed by atoms with Gasteiger partial charge in [0.1, 0.15) is 11.2 Å². The second-order valence-electron chi connectivity index (χ2n) is 19.7. The first-order chi connectivity index (χ1) is 34.9. The molecule has 0 bridgehead atoms. The van der Waals surface area contributed by atoms with Crippen molar-refractivity contribution in [2.24, 2.45) is 0 Å². The van der Waals surface area contributed by atoms with Gasteiger partial charge in [-0.25, -0.2) is 9.97 Å². The Bertz CT molecular complexity index is 4420. The minimum absolute atomic E-state index is 0.163. The Morgan fingerprint density at radius 3 is 1.54 bits per heavy atom. The zero-order chi connectivity index (χ0) is 47.0. The number of fused-ring (bicyclic) bond motifs is 12. The molecule has 0 radical (unpaired) electrons. The number of benzene rings is 10. The van der Waals surface area contributed by atoms with E-state index in [1.807, 2.05) is 18.2 Å². The molecule has 0 unspecified atom stereocenters. The van der Waals surface area contributed by atoms with E-state index in [1.54, 1.807) is 0 Å². The molecule has 0 saturated carbocycles. The van der Waals surface area contributed by atoms with Crippen LogP contribution in [0.4, 0.5) is 0 Å². The van der Waals surface area contributed by atoms with Gasteiger partial charge in [0.15, 0.2) is 5.82 Å². The summed E-state index contributed by atoms with van der Waals surface area (Å²) >= 11 is 0. The number of nitrogens with zero attached hydrogens (tertiary/aromatic N) is 3. The van der Waals surface area contributed by atoms with Crippen molar-refractivity contribution in [1.29, 1.82) is 0 Å². The van der Waals surface area contributed by atoms with Gasteiger partial charge >= 0.3 is 0 Å². The van der Waals surface area contributed by atoms with Crippen LogP contribution in [-0.2, 0) is 5.41 Å². The van der Waals surface area contributed by atoms with Crippen molar-refractivity contribution in [3.8, 4) is 78.4 Å². The topological polar surface area (TPSA) is 43.3 Å². The van der Waals surface area contributed by atoms with E-state index in [-0.39, 0.29) is 5.41 Å². The fourth-order valence-corrected chi connectivity index (χ4v) is 11.9. The molecule has 0 atom stereocenters. The molecule has 0 aliphatic heterocycles. The maximum atomic E-state index is 6.32. The molecule has 10 aromatic carbocycles. The number of aromatic nitrogens is 3. The van der Waals surface area contributed by atoms with Crippen molar-refractivity contribution in [3.05, 3.63) is 236 Å². The molecule has 1 aliphatic carbocycles. The molecule has 0 spiro atoms. The van der Waals surface area contributed by atoms with Gasteiger partial charge in [0.25, 0.3) is 0 Å². The average Bonchev–Trinajstić information content (AvgIpc) is 4.15. The number of para-hydroxylation sites is 2. The molecule has 71 heavy (non-hydrogen) atoms. The third kappa shape index (κ3) is 5.98. The molecule has 0 saturated heterocycles. The van der Waals surface area contributed by atoms with E-state index in [0.717, 1.165) is 55.8 Å². The van der Waals surface area contributed by atoms with Gasteiger partial charge in [-0.15, -0.1) is 0 Å². The SMILES string of the molecule is CC1(C)c2ccc(-c3cccc(-c4ccc5c6cccc7c8ccc(-c9cccc%10oc%11ccccc%11c9%10)cc8n(c5c4)c67)c3)cc2-c2cc(-c3nc(-c4ccccc4)cc(-c4ccccc4)n3)ccc21. The lowest BCUT2D eigenvalue weighted by Crippen LogP contribution is -2.14. The zero-order valence-corrected chi connectivity index (χ0v) is 39.1. The quantitative estimate of drug-likeness (QED) is 0.167. The average molecular weight is 906 g/mol. The van der Waals surface area contributed by atoms with Crippen LogP contribution in [0.2, 0.25) is 0 Å². The molecule has 15 rings (SSSR count). The Hall–Kier alpha value is -9.12. The van der Waals surface area contributed by atoms with Crippen LogP contribution in [0.1, 0.15) is 25.0 Å². The third-order valence-corrected chi connectivity index (χ3v) is 15.4. The lowest BCUT2D eigenvalue weighted by molar-refractivity contribution is 0.660. The van der Waals surface area contributed by atoms with E-state index in [1.165, 1.54) is 93.7 Å². The Morgan fingerprint density at radius 1 is 0.352 bits per heavy atom. The summed E-state index contributed by atoms with van der Waals surface area (Å²) in [6.07, 6.45) is 0. The van der Waals surface area contributed by atoms with Crippen molar-refractivity contribution in [2.45, 2.75) is 19.3 Å². The molecular weight excluding hydrogens is 863 g/mol. The van der Waals surface area contributed by atoms with Gasteiger partial charge in [-0.05, 0) is 104 Å². The number of hydrogen-bond acceptors (Lipinski definition) is 3. The van der Waals surface area contributed by atoms with Crippen molar-refractivity contribution in [2.75, 3.05) is 0 Å². The summed E-state index contributed by atoms with van der Waals surface area (Å²) in [4.78, 5) is 10.4. The number of hydrogen-bond donors (Lipinski definition) is 0. The summed E-state index contributed by atoms with van der Waals surface area (Å²) in [6.45, 7) is 4.68. The first-order valence-corrected chi connectivity index (χ1v) is 24.5. The van der Waals surface area contributed by atoms with Crippen LogP contribution < -0.4 is 0 Å². The summed E-state index contributed by atoms with van der Waals surface area (Å²) in [7, 11) is 0. The molecule has 4 heterocycles. The van der Waals surface area contributed by atoms with Gasteiger partial charge in [-0.2, -0.15) is 0 Å². The smallest absolute Gasteiger partial charge is 0.160 e. The molecule has 1 aliphatic rings. The van der Waals surface area contributed by atoms with E-state index >= 15 is 0 Å². The number of furan rings is 1. The Balaban J connectivity index is 0.833. The van der Waals surface area contributed by atoms with Crippen LogP contribution in [-0.4, -0.2) is 14.4 Å². The van der Waals surface area contributed by atoms with Crippen molar-refractivity contribution >= 4 is 60.0 Å². The van der Waals surface area contributed by atoms with Crippen LogP contribution >= 0.6 is 0 Å². The molecule has 4 heteroatoms. The fraction of sp³-hybridized carbons (Fsp3) is 0.0448. The van der Waals surface area contributed by atoms with Crippen LogP contribution in [0.15, 0.2) is 229 Å². The molecule has 14 aromatic rings. The lowest BCUT2D eigenvalue weighted by atomic mass is 9.82. The zero-order valence-electron chi connectivity index (χ0n) is 39.1. The molecule has 332 valence electrons. The summed E-state index contributed by atoms with van der Waals surface area (Å²) < 4.78 is 8.82. The summed E-state index contributed by atoms with van der Waals surface area (Å²) in [5.74, 6) is 0.718. The van der Waals surface area contributed by atoms with Crippen molar-refractivity contribution < 1.29 is 4.42 Å². The van der Waals surface area contributed by atoms with Crippen LogP contribution in [0.3, 0.4) is 0 Å². The third-order valence-electron chi connectivity index (χ3n) is 15.4. The second kappa shape index (κ2) is 14.9. The van der Waals surface area contributed by atoms with Gasteiger partial charge in [-0.3, -0.25) is 0 Å². The predicted molar refractivity (Wildman–Crippen MR) is 294 cm³/mol. The van der Waals surface area contributed by atoms with E-state index in [2.05, 4.69) is 225 Å². The maximum absolute atomic E-state index is 6.32. The first-order valence-electron chi connectivity index (χ1n) is 24.5. The largest absolute Gasteiger partial charge is 0.456 e. The van der Waals surface area contributed by atoms with E-state index in [9.17, 15) is 0 Å². The van der Waals surface area contributed by atoms with Crippen LogP contribution in [0, 0.1) is 0 Å². The highest BCUT2D eigenvalue weighted by atomic mass is 16.3. The highest BCUT2D eigenvalue weighted by Crippen LogP contribution is 2.51. The molecule has 4 nitrogen and oxygen atoms in total. The van der Waals surface area contributed by atoms with Crippen LogP contribution in [0.5, 0.6) is 0 Å². The predicted octanol–water partition coefficient (Wildman–Crippen LogP) is 17.8. The summed E-state index contributed by atoms with van der Waals surface area (Å²) in [5.41, 5.74) is 22.5. The Kier molecular flexibility index (Phi) is 8.38. The Labute approximate surface area is 410 Å². The van der Waals surface area contributed by atoms with Gasteiger partial charge in [0.2, 0.25) is 0 Å². The van der Waals surface area contributed by atoms with E-state index in [4.69, 9.17) is 14.4 Å². The standard InChI is InChI=1S/C67H43N3O/c1-67(2)56-32-28-44(35-54(56)55-36-47(29-33-57(55)67)66-68-58(40-14-5-3-6-15-40)39-59(69-66)41-16-7-4-8-17-41)42-18-11-19-43(34-42)45-26-30-49-51-22-12-23-52-50-31-27-46(38-61(50)70(65(51)52)60(49)37-45)48-21-13-25-63-64(48)53-20-9-10-24-62(53)71-63/h3-39H,1-2H3. The lowest BCUT2D eigenvalue weighted by Gasteiger charge is -2.21. The number of rotatable bonds is 6. The highest BCUT2D eigenvalue weighted by molar-refractivity contribution is 6.24. The van der Waals surface area contributed by atoms with E-state index in [0.29, 0.717) is 0 Å². The normalized spacial score (nSPS) is 13.0.